The summed E-state index contributed by atoms with van der Waals surface area (Å²) in [6.07, 6.45) is 6.66. The van der Waals surface area contributed by atoms with Gasteiger partial charge in [0.25, 0.3) is 0 Å². The summed E-state index contributed by atoms with van der Waals surface area (Å²) in [5.41, 5.74) is 1.10. The zero-order valence-electron chi connectivity index (χ0n) is 8.80. The number of aliphatic carboxylic acids is 1. The predicted octanol–water partition coefficient (Wildman–Crippen LogP) is 2.26. The van der Waals surface area contributed by atoms with Crippen molar-refractivity contribution in [2.45, 2.75) is 24.7 Å². The standard InChI is InChI=1S/C12H13NO2.ClH/c14-11(15)10-8-1-4-12(10,7-8)9-2-5-13-6-3-9;/h2-3,5-6,8,10H,1,4,7H2,(H,14,15);1H. The van der Waals surface area contributed by atoms with Gasteiger partial charge in [-0.2, -0.15) is 0 Å². The highest BCUT2D eigenvalue weighted by molar-refractivity contribution is 5.85. The van der Waals surface area contributed by atoms with Crippen LogP contribution in [0.25, 0.3) is 0 Å². The first kappa shape index (κ1) is 11.4. The quantitative estimate of drug-likeness (QED) is 0.861. The SMILES string of the molecule is Cl.O=C(O)C1C2CCC1(c1ccncc1)C2. The molecule has 3 saturated carbocycles. The maximum atomic E-state index is 11.2. The average molecular weight is 240 g/mol. The van der Waals surface area contributed by atoms with Crippen molar-refractivity contribution in [3.05, 3.63) is 30.1 Å². The molecule has 1 N–H and O–H groups in total. The summed E-state index contributed by atoms with van der Waals surface area (Å²) >= 11 is 0. The highest BCUT2D eigenvalue weighted by Gasteiger charge is 2.62. The molecule has 0 saturated heterocycles. The van der Waals surface area contributed by atoms with Gasteiger partial charge >= 0.3 is 5.97 Å². The van der Waals surface area contributed by atoms with Crippen molar-refractivity contribution in [3.8, 4) is 0 Å². The molecule has 1 aromatic heterocycles. The van der Waals surface area contributed by atoms with Crippen LogP contribution in [-0.4, -0.2) is 16.1 Å². The summed E-state index contributed by atoms with van der Waals surface area (Å²) in [7, 11) is 0. The third kappa shape index (κ3) is 1.27. The minimum Gasteiger partial charge on any atom is -0.481 e. The Balaban J connectivity index is 0.000000963. The van der Waals surface area contributed by atoms with Crippen LogP contribution >= 0.6 is 12.4 Å². The van der Waals surface area contributed by atoms with Crippen LogP contribution in [0.3, 0.4) is 0 Å². The molecule has 3 aliphatic rings. The van der Waals surface area contributed by atoms with E-state index in [1.165, 1.54) is 5.56 Å². The summed E-state index contributed by atoms with van der Waals surface area (Å²) in [5, 5.41) is 9.22. The lowest BCUT2D eigenvalue weighted by atomic mass is 9.57. The molecule has 86 valence electrons. The largest absolute Gasteiger partial charge is 0.481 e. The fourth-order valence-electron chi connectivity index (χ4n) is 3.54. The van der Waals surface area contributed by atoms with Gasteiger partial charge in [-0.3, -0.25) is 9.78 Å². The highest BCUT2D eigenvalue weighted by Crippen LogP contribution is 2.63. The molecule has 3 aliphatic carbocycles. The van der Waals surface area contributed by atoms with E-state index >= 15 is 0 Å². The van der Waals surface area contributed by atoms with E-state index in [1.54, 1.807) is 12.4 Å². The summed E-state index contributed by atoms with van der Waals surface area (Å²) in [4.78, 5) is 15.2. The fourth-order valence-corrected chi connectivity index (χ4v) is 3.54. The van der Waals surface area contributed by atoms with Gasteiger partial charge in [-0.25, -0.2) is 0 Å². The first-order chi connectivity index (χ1) is 7.24. The van der Waals surface area contributed by atoms with Crippen molar-refractivity contribution < 1.29 is 9.90 Å². The molecule has 3 fully saturated rings. The zero-order valence-corrected chi connectivity index (χ0v) is 9.61. The lowest BCUT2D eigenvalue weighted by Crippen LogP contribution is -2.48. The Kier molecular flexibility index (Phi) is 2.66. The number of carboxylic acids is 1. The summed E-state index contributed by atoms with van der Waals surface area (Å²) in [6, 6.07) is 3.94. The molecule has 0 aliphatic heterocycles. The average Bonchev–Trinajstić information content (AvgIpc) is 2.76. The van der Waals surface area contributed by atoms with E-state index in [4.69, 9.17) is 0 Å². The molecule has 3 unspecified atom stereocenters. The van der Waals surface area contributed by atoms with E-state index in [0.29, 0.717) is 5.92 Å². The van der Waals surface area contributed by atoms with Crippen molar-refractivity contribution in [2.75, 3.05) is 0 Å². The predicted molar refractivity (Wildman–Crippen MR) is 61.6 cm³/mol. The van der Waals surface area contributed by atoms with Gasteiger partial charge in [0.05, 0.1) is 5.92 Å². The number of halogens is 1. The number of carboxylic acid groups (broad SMARTS) is 1. The Morgan fingerprint density at radius 1 is 1.44 bits per heavy atom. The second-order valence-electron chi connectivity index (χ2n) is 4.71. The minimum absolute atomic E-state index is 0. The van der Waals surface area contributed by atoms with Gasteiger partial charge in [0.1, 0.15) is 0 Å². The Morgan fingerprint density at radius 2 is 2.12 bits per heavy atom. The Hall–Kier alpha value is -1.09. The van der Waals surface area contributed by atoms with Crippen molar-refractivity contribution >= 4 is 18.4 Å². The van der Waals surface area contributed by atoms with Crippen LogP contribution in [0.2, 0.25) is 0 Å². The number of carbonyl (C=O) groups is 1. The van der Waals surface area contributed by atoms with Gasteiger partial charge in [-0.05, 0) is 42.9 Å². The van der Waals surface area contributed by atoms with E-state index in [9.17, 15) is 9.90 Å². The van der Waals surface area contributed by atoms with E-state index in [0.717, 1.165) is 19.3 Å². The molecule has 4 rings (SSSR count). The lowest BCUT2D eigenvalue weighted by Gasteiger charge is -2.45. The molecular weight excluding hydrogens is 226 g/mol. The Labute approximate surface area is 100 Å². The van der Waals surface area contributed by atoms with Gasteiger partial charge in [0.2, 0.25) is 0 Å². The van der Waals surface area contributed by atoms with Crippen molar-refractivity contribution in [3.63, 3.8) is 0 Å². The maximum absolute atomic E-state index is 11.2. The molecular formula is C12H14ClNO2. The van der Waals surface area contributed by atoms with Gasteiger partial charge in [-0.1, -0.05) is 0 Å². The van der Waals surface area contributed by atoms with E-state index in [2.05, 4.69) is 4.98 Å². The number of fused-ring (bicyclic) bond motifs is 1. The third-order valence-electron chi connectivity index (χ3n) is 4.18. The number of hydrogen-bond acceptors (Lipinski definition) is 2. The van der Waals surface area contributed by atoms with E-state index < -0.39 is 5.97 Å². The van der Waals surface area contributed by atoms with Crippen molar-refractivity contribution in [1.82, 2.24) is 4.98 Å². The van der Waals surface area contributed by atoms with Crippen LogP contribution in [0.1, 0.15) is 24.8 Å². The normalized spacial score (nSPS) is 35.0. The van der Waals surface area contributed by atoms with Gasteiger partial charge in [0, 0.05) is 17.8 Å². The Bertz CT molecular complexity index is 405. The second kappa shape index (κ2) is 3.74. The summed E-state index contributed by atoms with van der Waals surface area (Å²) in [6.45, 7) is 0. The number of aromatic nitrogens is 1. The topological polar surface area (TPSA) is 50.2 Å². The lowest BCUT2D eigenvalue weighted by molar-refractivity contribution is -0.150. The smallest absolute Gasteiger partial charge is 0.307 e. The molecule has 1 heterocycles. The molecule has 16 heavy (non-hydrogen) atoms. The number of rotatable bonds is 2. The van der Waals surface area contributed by atoms with Crippen LogP contribution in [0.15, 0.2) is 24.5 Å². The van der Waals surface area contributed by atoms with Gasteiger partial charge < -0.3 is 5.11 Å². The van der Waals surface area contributed by atoms with Crippen molar-refractivity contribution in [1.29, 1.82) is 0 Å². The summed E-state index contributed by atoms with van der Waals surface area (Å²) in [5.74, 6) is -0.365. The molecule has 1 aromatic rings. The molecule has 3 nitrogen and oxygen atoms in total. The second-order valence-corrected chi connectivity index (χ2v) is 4.71. The van der Waals surface area contributed by atoms with Crippen LogP contribution in [0, 0.1) is 11.8 Å². The van der Waals surface area contributed by atoms with Crippen LogP contribution in [0.4, 0.5) is 0 Å². The molecule has 2 bridgehead atoms. The molecule has 0 aromatic carbocycles. The first-order valence-corrected chi connectivity index (χ1v) is 5.37. The maximum Gasteiger partial charge on any atom is 0.307 e. The Morgan fingerprint density at radius 3 is 2.69 bits per heavy atom. The van der Waals surface area contributed by atoms with Gasteiger partial charge in [-0.15, -0.1) is 12.4 Å². The highest BCUT2D eigenvalue weighted by atomic mass is 35.5. The van der Waals surface area contributed by atoms with E-state index in [-0.39, 0.29) is 23.7 Å². The van der Waals surface area contributed by atoms with Gasteiger partial charge in [0.15, 0.2) is 0 Å². The first-order valence-electron chi connectivity index (χ1n) is 5.37. The molecule has 0 spiro atoms. The minimum atomic E-state index is -0.624. The molecule has 0 radical (unpaired) electrons. The molecule has 3 atom stereocenters. The van der Waals surface area contributed by atoms with E-state index in [1.807, 2.05) is 12.1 Å². The van der Waals surface area contributed by atoms with Crippen LogP contribution in [0.5, 0.6) is 0 Å². The molecule has 0 amide bonds. The van der Waals surface area contributed by atoms with Crippen molar-refractivity contribution in [2.24, 2.45) is 11.8 Å². The van der Waals surface area contributed by atoms with Crippen LogP contribution < -0.4 is 0 Å². The number of hydrogen-bond donors (Lipinski definition) is 1. The molecule has 4 heteroatoms. The zero-order chi connectivity index (χ0) is 10.5. The number of nitrogens with zero attached hydrogens (tertiary/aromatic N) is 1. The monoisotopic (exact) mass is 239 g/mol. The van der Waals surface area contributed by atoms with Crippen LogP contribution in [-0.2, 0) is 10.2 Å². The third-order valence-corrected chi connectivity index (χ3v) is 4.18. The fraction of sp³-hybridized carbons (Fsp3) is 0.500. The number of pyridine rings is 1. The summed E-state index contributed by atoms with van der Waals surface area (Å²) < 4.78 is 0.